The highest BCUT2D eigenvalue weighted by Crippen LogP contribution is 2.51. The summed E-state index contributed by atoms with van der Waals surface area (Å²) in [5, 5.41) is 10.3. The highest BCUT2D eigenvalue weighted by molar-refractivity contribution is 6.16. The Balaban J connectivity index is 1.16. The van der Waals surface area contributed by atoms with Crippen LogP contribution in [0, 0.1) is 0 Å². The highest BCUT2D eigenvalue weighted by Gasteiger charge is 2.35. The largest absolute Gasteiger partial charge is 0.310 e. The zero-order chi connectivity index (χ0) is 35.3. The van der Waals surface area contributed by atoms with Gasteiger partial charge in [0, 0.05) is 38.6 Å². The van der Waals surface area contributed by atoms with Crippen molar-refractivity contribution in [3.63, 3.8) is 0 Å². The minimum atomic E-state index is -0.115. The van der Waals surface area contributed by atoms with E-state index < -0.39 is 0 Å². The third kappa shape index (κ3) is 4.39. The van der Waals surface area contributed by atoms with Crippen LogP contribution in [0.1, 0.15) is 25.0 Å². The topological polar surface area (TPSA) is 8.17 Å². The van der Waals surface area contributed by atoms with Crippen LogP contribution in [0.2, 0.25) is 0 Å². The quantitative estimate of drug-likeness (QED) is 0.165. The molecule has 9 aromatic carbocycles. The zero-order valence-electron chi connectivity index (χ0n) is 29.7. The van der Waals surface area contributed by atoms with Crippen molar-refractivity contribution in [3.8, 4) is 16.8 Å². The van der Waals surface area contributed by atoms with E-state index in [9.17, 15) is 0 Å². The number of hydrogen-bond acceptors (Lipinski definition) is 1. The summed E-state index contributed by atoms with van der Waals surface area (Å²) in [6.07, 6.45) is 0. The summed E-state index contributed by atoms with van der Waals surface area (Å²) in [6, 6.07) is 67.1. The molecule has 0 spiro atoms. The molecule has 0 bridgehead atoms. The lowest BCUT2D eigenvalue weighted by Crippen LogP contribution is -2.17. The summed E-state index contributed by atoms with van der Waals surface area (Å²) in [4.78, 5) is 2.46. The van der Waals surface area contributed by atoms with E-state index in [1.165, 1.54) is 82.1 Å². The van der Waals surface area contributed by atoms with Crippen LogP contribution in [-0.4, -0.2) is 4.57 Å². The maximum absolute atomic E-state index is 2.46. The smallest absolute Gasteiger partial charge is 0.0542 e. The van der Waals surface area contributed by atoms with Gasteiger partial charge in [-0.3, -0.25) is 0 Å². The Kier molecular flexibility index (Phi) is 6.33. The van der Waals surface area contributed by atoms with E-state index in [2.05, 4.69) is 205 Å². The van der Waals surface area contributed by atoms with Crippen molar-refractivity contribution in [2.75, 3.05) is 4.90 Å². The van der Waals surface area contributed by atoms with Gasteiger partial charge in [-0.1, -0.05) is 141 Å². The van der Waals surface area contributed by atoms with Crippen molar-refractivity contribution in [1.29, 1.82) is 0 Å². The molecule has 1 aromatic heterocycles. The van der Waals surface area contributed by atoms with E-state index in [4.69, 9.17) is 0 Å². The number of rotatable bonds is 5. The molecule has 0 aliphatic heterocycles. The van der Waals surface area contributed by atoms with Crippen LogP contribution >= 0.6 is 0 Å². The first-order valence-corrected chi connectivity index (χ1v) is 18.5. The summed E-state index contributed by atoms with van der Waals surface area (Å²) in [6.45, 7) is 4.76. The molecule has 1 aliphatic carbocycles. The summed E-state index contributed by atoms with van der Waals surface area (Å²) in [5.41, 5.74) is 12.1. The fraction of sp³-hybridized carbons (Fsp3) is 0.0588. The Morgan fingerprint density at radius 3 is 1.91 bits per heavy atom. The van der Waals surface area contributed by atoms with Crippen LogP contribution < -0.4 is 4.90 Å². The van der Waals surface area contributed by atoms with E-state index in [0.29, 0.717) is 0 Å². The first-order chi connectivity index (χ1) is 26.0. The monoisotopic (exact) mass is 676 g/mol. The molecule has 0 saturated heterocycles. The third-order valence-corrected chi connectivity index (χ3v) is 11.7. The van der Waals surface area contributed by atoms with Gasteiger partial charge in [0.25, 0.3) is 0 Å². The number of fused-ring (bicyclic) bond motifs is 4. The van der Waals surface area contributed by atoms with Crippen molar-refractivity contribution >= 4 is 71.2 Å². The van der Waals surface area contributed by atoms with Crippen LogP contribution in [0.25, 0.3) is 70.9 Å². The summed E-state index contributed by atoms with van der Waals surface area (Å²) >= 11 is 0. The lowest BCUT2D eigenvalue weighted by Gasteiger charge is -2.29. The van der Waals surface area contributed by atoms with Gasteiger partial charge in [0.2, 0.25) is 0 Å². The predicted molar refractivity (Wildman–Crippen MR) is 226 cm³/mol. The van der Waals surface area contributed by atoms with Gasteiger partial charge in [0.1, 0.15) is 0 Å². The van der Waals surface area contributed by atoms with Gasteiger partial charge in [0.05, 0.1) is 16.7 Å². The molecule has 0 amide bonds. The lowest BCUT2D eigenvalue weighted by atomic mass is 9.81. The molecule has 2 nitrogen and oxygen atoms in total. The number of anilines is 3. The normalized spacial score (nSPS) is 13.2. The average Bonchev–Trinajstić information content (AvgIpc) is 3.66. The van der Waals surface area contributed by atoms with Gasteiger partial charge in [-0.05, 0) is 104 Å². The molecule has 0 atom stereocenters. The maximum Gasteiger partial charge on any atom is 0.0542 e. The predicted octanol–water partition coefficient (Wildman–Crippen LogP) is 14.0. The second-order valence-corrected chi connectivity index (χ2v) is 15.0. The Hall–Kier alpha value is -6.64. The second-order valence-electron chi connectivity index (χ2n) is 15.0. The summed E-state index contributed by atoms with van der Waals surface area (Å²) < 4.78 is 2.44. The van der Waals surface area contributed by atoms with Crippen LogP contribution in [-0.2, 0) is 5.41 Å². The van der Waals surface area contributed by atoms with Crippen LogP contribution in [0.3, 0.4) is 0 Å². The second kappa shape index (κ2) is 11.2. The fourth-order valence-corrected chi connectivity index (χ4v) is 9.16. The van der Waals surface area contributed by atoms with E-state index in [-0.39, 0.29) is 5.41 Å². The number of para-hydroxylation sites is 1. The van der Waals surface area contributed by atoms with E-state index in [1.807, 2.05) is 0 Å². The maximum atomic E-state index is 2.46. The number of aromatic nitrogens is 1. The van der Waals surface area contributed by atoms with Crippen LogP contribution in [0.4, 0.5) is 17.1 Å². The molecule has 53 heavy (non-hydrogen) atoms. The summed E-state index contributed by atoms with van der Waals surface area (Å²) in [5.74, 6) is 0. The van der Waals surface area contributed by atoms with Crippen LogP contribution in [0.15, 0.2) is 182 Å². The van der Waals surface area contributed by atoms with Crippen molar-refractivity contribution in [2.45, 2.75) is 19.3 Å². The molecule has 1 aliphatic rings. The SMILES string of the molecule is CC1(C)c2cccc3ccc4cc(N(c5ccc(-c6ccccc6)cc5)c5ccc6c(c5)c5ccccc5n6-c5cccc6ccccc56)cc1c4c23. The van der Waals surface area contributed by atoms with Crippen LogP contribution in [0.5, 0.6) is 0 Å². The molecular formula is C51H36N2. The first kappa shape index (κ1) is 30.0. The van der Waals surface area contributed by atoms with Gasteiger partial charge in [-0.25, -0.2) is 0 Å². The highest BCUT2D eigenvalue weighted by atomic mass is 15.1. The average molecular weight is 677 g/mol. The Morgan fingerprint density at radius 2 is 1.04 bits per heavy atom. The van der Waals surface area contributed by atoms with E-state index >= 15 is 0 Å². The Bertz CT molecular complexity index is 3070. The molecule has 0 saturated carbocycles. The van der Waals surface area contributed by atoms with E-state index in [1.54, 1.807) is 0 Å². The van der Waals surface area contributed by atoms with Crippen molar-refractivity contribution in [1.82, 2.24) is 4.57 Å². The minimum absolute atomic E-state index is 0.115. The van der Waals surface area contributed by atoms with Gasteiger partial charge in [-0.2, -0.15) is 0 Å². The minimum Gasteiger partial charge on any atom is -0.310 e. The fourth-order valence-electron chi connectivity index (χ4n) is 9.16. The van der Waals surface area contributed by atoms with Gasteiger partial charge in [-0.15, -0.1) is 0 Å². The molecule has 0 unspecified atom stereocenters. The molecular weight excluding hydrogens is 641 g/mol. The lowest BCUT2D eigenvalue weighted by molar-refractivity contribution is 0.663. The number of nitrogens with zero attached hydrogens (tertiary/aromatic N) is 2. The van der Waals surface area contributed by atoms with Crippen molar-refractivity contribution < 1.29 is 0 Å². The van der Waals surface area contributed by atoms with Gasteiger partial charge >= 0.3 is 0 Å². The van der Waals surface area contributed by atoms with Gasteiger partial charge in [0.15, 0.2) is 0 Å². The molecule has 0 N–H and O–H groups in total. The first-order valence-electron chi connectivity index (χ1n) is 18.5. The van der Waals surface area contributed by atoms with Crippen molar-refractivity contribution in [2.24, 2.45) is 0 Å². The molecule has 0 fully saturated rings. The van der Waals surface area contributed by atoms with Crippen molar-refractivity contribution in [3.05, 3.63) is 193 Å². The Morgan fingerprint density at radius 1 is 0.396 bits per heavy atom. The molecule has 1 heterocycles. The molecule has 250 valence electrons. The van der Waals surface area contributed by atoms with E-state index in [0.717, 1.165) is 17.1 Å². The Labute approximate surface area is 308 Å². The van der Waals surface area contributed by atoms with Gasteiger partial charge < -0.3 is 9.47 Å². The zero-order valence-corrected chi connectivity index (χ0v) is 29.7. The number of benzene rings is 9. The molecule has 10 aromatic rings. The summed E-state index contributed by atoms with van der Waals surface area (Å²) in [7, 11) is 0. The molecule has 0 radical (unpaired) electrons. The third-order valence-electron chi connectivity index (χ3n) is 11.7. The molecule has 2 heteroatoms. The number of hydrogen-bond donors (Lipinski definition) is 0. The standard InChI is InChI=1S/C51H36N2/c1-51(2)44-19-10-16-36-22-23-37-30-40(32-45(51)50(37)49(36)44)52(38-26-24-34(25-27-38)33-12-4-3-5-13-33)39-28-29-48-43(31-39)42-18-8-9-20-47(42)53(48)46-21-11-15-35-14-6-7-17-41(35)46/h3-32H,1-2H3. The molecule has 11 rings (SSSR count).